The normalized spacial score (nSPS) is 10.1. The lowest BCUT2D eigenvalue weighted by molar-refractivity contribution is 0.746. The van der Waals surface area contributed by atoms with Gasteiger partial charge < -0.3 is 5.32 Å². The van der Waals surface area contributed by atoms with E-state index < -0.39 is 0 Å². The van der Waals surface area contributed by atoms with Gasteiger partial charge in [0.05, 0.1) is 23.0 Å². The Morgan fingerprint density at radius 3 is 2.94 bits per heavy atom. The Morgan fingerprint density at radius 1 is 1.50 bits per heavy atom. The van der Waals surface area contributed by atoms with Crippen LogP contribution in [0.4, 0.5) is 11.5 Å². The van der Waals surface area contributed by atoms with Crippen LogP contribution < -0.4 is 5.32 Å². The van der Waals surface area contributed by atoms with Crippen molar-refractivity contribution in [2.24, 2.45) is 7.05 Å². The first-order chi connectivity index (χ1) is 8.62. The van der Waals surface area contributed by atoms with Crippen molar-refractivity contribution in [3.05, 3.63) is 34.7 Å². The minimum absolute atomic E-state index is 0.290. The molecule has 0 atom stereocenters. The van der Waals surface area contributed by atoms with Gasteiger partial charge in [-0.1, -0.05) is 18.5 Å². The van der Waals surface area contributed by atoms with E-state index >= 15 is 0 Å². The first-order valence-electron chi connectivity index (χ1n) is 5.49. The van der Waals surface area contributed by atoms with Crippen molar-refractivity contribution in [3.8, 4) is 6.07 Å². The maximum atomic E-state index is 8.88. The Labute approximate surface area is 110 Å². The summed E-state index contributed by atoms with van der Waals surface area (Å²) in [5.74, 6) is 0.543. The lowest BCUT2D eigenvalue weighted by Crippen LogP contribution is -1.96. The largest absolute Gasteiger partial charge is 0.337 e. The van der Waals surface area contributed by atoms with Crippen molar-refractivity contribution in [2.45, 2.75) is 13.3 Å². The monoisotopic (exact) mass is 261 g/mol. The van der Waals surface area contributed by atoms with E-state index in [0.29, 0.717) is 16.5 Å². The SMILES string of the molecule is CCc1nn(C)cc1Nc1cc(C#N)cc(Cl)n1. The van der Waals surface area contributed by atoms with Gasteiger partial charge in [0.1, 0.15) is 11.0 Å². The summed E-state index contributed by atoms with van der Waals surface area (Å²) in [5, 5.41) is 16.6. The average Bonchev–Trinajstić information content (AvgIpc) is 2.68. The molecule has 2 aromatic heterocycles. The fourth-order valence-electron chi connectivity index (χ4n) is 1.66. The summed E-state index contributed by atoms with van der Waals surface area (Å²) in [6, 6.07) is 5.22. The van der Waals surface area contributed by atoms with E-state index in [0.717, 1.165) is 17.8 Å². The molecule has 0 bridgehead atoms. The summed E-state index contributed by atoms with van der Waals surface area (Å²) >= 11 is 5.85. The fraction of sp³-hybridized carbons (Fsp3) is 0.250. The molecule has 18 heavy (non-hydrogen) atoms. The molecule has 0 aliphatic rings. The second kappa shape index (κ2) is 5.07. The highest BCUT2D eigenvalue weighted by atomic mass is 35.5. The van der Waals surface area contributed by atoms with Crippen LogP contribution in [-0.4, -0.2) is 14.8 Å². The highest BCUT2D eigenvalue weighted by Gasteiger charge is 2.08. The molecule has 2 rings (SSSR count). The lowest BCUT2D eigenvalue weighted by atomic mass is 10.2. The molecular weight excluding hydrogens is 250 g/mol. The van der Waals surface area contributed by atoms with Crippen molar-refractivity contribution < 1.29 is 0 Å². The summed E-state index contributed by atoms with van der Waals surface area (Å²) in [7, 11) is 1.86. The second-order valence-corrected chi connectivity index (χ2v) is 4.20. The van der Waals surface area contributed by atoms with Crippen molar-refractivity contribution in [3.63, 3.8) is 0 Å². The summed E-state index contributed by atoms with van der Waals surface area (Å²) in [5.41, 5.74) is 2.29. The Balaban J connectivity index is 2.34. The predicted octanol–water partition coefficient (Wildman–Crippen LogP) is 2.65. The molecule has 2 heterocycles. The van der Waals surface area contributed by atoms with E-state index in [4.69, 9.17) is 16.9 Å². The molecule has 0 amide bonds. The number of anilines is 2. The molecule has 0 fully saturated rings. The molecule has 1 N–H and O–H groups in total. The average molecular weight is 262 g/mol. The van der Waals surface area contributed by atoms with Gasteiger partial charge in [-0.05, 0) is 18.6 Å². The zero-order valence-corrected chi connectivity index (χ0v) is 10.9. The zero-order valence-electron chi connectivity index (χ0n) is 10.1. The van der Waals surface area contributed by atoms with Crippen LogP contribution >= 0.6 is 11.6 Å². The van der Waals surface area contributed by atoms with E-state index in [1.807, 2.05) is 26.2 Å². The minimum atomic E-state index is 0.290. The fourth-order valence-corrected chi connectivity index (χ4v) is 1.87. The summed E-state index contributed by atoms with van der Waals surface area (Å²) in [4.78, 5) is 4.13. The molecule has 2 aromatic rings. The molecule has 0 radical (unpaired) electrons. The number of aromatic nitrogens is 3. The summed E-state index contributed by atoms with van der Waals surface area (Å²) < 4.78 is 1.73. The van der Waals surface area contributed by atoms with Gasteiger partial charge >= 0.3 is 0 Å². The zero-order chi connectivity index (χ0) is 13.1. The van der Waals surface area contributed by atoms with E-state index in [-0.39, 0.29) is 0 Å². The molecule has 0 aliphatic carbocycles. The highest BCUT2D eigenvalue weighted by Crippen LogP contribution is 2.21. The van der Waals surface area contributed by atoms with E-state index in [2.05, 4.69) is 15.4 Å². The van der Waals surface area contributed by atoms with Crippen molar-refractivity contribution in [2.75, 3.05) is 5.32 Å². The minimum Gasteiger partial charge on any atom is -0.337 e. The number of hydrogen-bond donors (Lipinski definition) is 1. The molecule has 0 aromatic carbocycles. The van der Waals surface area contributed by atoms with Crippen LogP contribution in [0.2, 0.25) is 5.15 Å². The maximum Gasteiger partial charge on any atom is 0.133 e. The summed E-state index contributed by atoms with van der Waals surface area (Å²) in [6.45, 7) is 2.03. The van der Waals surface area contributed by atoms with Crippen LogP contribution in [0.3, 0.4) is 0 Å². The van der Waals surface area contributed by atoms with E-state index in [1.165, 1.54) is 6.07 Å². The van der Waals surface area contributed by atoms with Gasteiger partial charge in [0, 0.05) is 13.2 Å². The topological polar surface area (TPSA) is 66.5 Å². The molecular formula is C12H12ClN5. The van der Waals surface area contributed by atoms with Crippen molar-refractivity contribution >= 4 is 23.1 Å². The second-order valence-electron chi connectivity index (χ2n) is 3.82. The summed E-state index contributed by atoms with van der Waals surface area (Å²) in [6.07, 6.45) is 2.68. The van der Waals surface area contributed by atoms with Crippen molar-refractivity contribution in [1.29, 1.82) is 5.26 Å². The van der Waals surface area contributed by atoms with Crippen LogP contribution in [0.15, 0.2) is 18.3 Å². The number of rotatable bonds is 3. The Morgan fingerprint density at radius 2 is 2.28 bits per heavy atom. The highest BCUT2D eigenvalue weighted by molar-refractivity contribution is 6.29. The van der Waals surface area contributed by atoms with E-state index in [9.17, 15) is 0 Å². The molecule has 0 unspecified atom stereocenters. The number of nitrogens with one attached hydrogen (secondary N) is 1. The van der Waals surface area contributed by atoms with Gasteiger partial charge in [0.25, 0.3) is 0 Å². The number of hydrogen-bond acceptors (Lipinski definition) is 4. The molecule has 0 saturated carbocycles. The quantitative estimate of drug-likeness (QED) is 0.863. The van der Waals surface area contributed by atoms with Gasteiger partial charge in [-0.3, -0.25) is 4.68 Å². The van der Waals surface area contributed by atoms with Crippen LogP contribution in [0, 0.1) is 11.3 Å². The molecule has 92 valence electrons. The van der Waals surface area contributed by atoms with Gasteiger partial charge in [-0.15, -0.1) is 0 Å². The first-order valence-corrected chi connectivity index (χ1v) is 5.87. The third-order valence-electron chi connectivity index (χ3n) is 2.43. The molecule has 0 aliphatic heterocycles. The van der Waals surface area contributed by atoms with Crippen LogP contribution in [0.25, 0.3) is 0 Å². The Hall–Kier alpha value is -2.06. The van der Waals surface area contributed by atoms with Crippen molar-refractivity contribution in [1.82, 2.24) is 14.8 Å². The molecule has 5 nitrogen and oxygen atoms in total. The van der Waals surface area contributed by atoms with Crippen LogP contribution in [-0.2, 0) is 13.5 Å². The lowest BCUT2D eigenvalue weighted by Gasteiger charge is -2.05. The Kier molecular flexibility index (Phi) is 3.49. The third-order valence-corrected chi connectivity index (χ3v) is 2.62. The molecule has 6 heteroatoms. The van der Waals surface area contributed by atoms with E-state index in [1.54, 1.807) is 10.7 Å². The van der Waals surface area contributed by atoms with Gasteiger partial charge in [-0.2, -0.15) is 10.4 Å². The number of pyridine rings is 1. The third kappa shape index (κ3) is 2.60. The Bertz CT molecular complexity index is 611. The number of nitrogens with zero attached hydrogens (tertiary/aromatic N) is 4. The maximum absolute atomic E-state index is 8.88. The van der Waals surface area contributed by atoms with Gasteiger partial charge in [-0.25, -0.2) is 4.98 Å². The predicted molar refractivity (Wildman–Crippen MR) is 69.8 cm³/mol. The number of halogens is 1. The van der Waals surface area contributed by atoms with Crippen LogP contribution in [0.5, 0.6) is 0 Å². The van der Waals surface area contributed by atoms with Gasteiger partial charge in [0.15, 0.2) is 0 Å². The number of aryl methyl sites for hydroxylation is 2. The van der Waals surface area contributed by atoms with Gasteiger partial charge in [0.2, 0.25) is 0 Å². The standard InChI is InChI=1S/C12H12ClN5/c1-3-9-10(7-18(2)17-9)15-12-5-8(6-14)4-11(13)16-12/h4-5,7H,3H2,1-2H3,(H,15,16). The first kappa shape index (κ1) is 12.4. The molecule has 0 spiro atoms. The van der Waals surface area contributed by atoms with Crippen LogP contribution in [0.1, 0.15) is 18.2 Å². The smallest absolute Gasteiger partial charge is 0.133 e. The number of nitriles is 1. The molecule has 0 saturated heterocycles.